The molecule has 11 heteroatoms. The molecule has 2 heterocycles. The molecule has 0 fully saturated rings. The van der Waals surface area contributed by atoms with E-state index in [-0.39, 0.29) is 49.5 Å². The molecule has 0 amide bonds. The van der Waals surface area contributed by atoms with Crippen molar-refractivity contribution in [3.05, 3.63) is 103 Å². The summed E-state index contributed by atoms with van der Waals surface area (Å²) in [6.07, 6.45) is 0. The number of carbonyl (C=O) groups is 2. The molecule has 0 spiro atoms. The van der Waals surface area contributed by atoms with E-state index in [9.17, 15) is 14.4 Å². The molecule has 0 aliphatic carbocycles. The van der Waals surface area contributed by atoms with Crippen molar-refractivity contribution in [3.8, 4) is 11.3 Å². The lowest BCUT2D eigenvalue weighted by atomic mass is 10.0. The average molecular weight is 569 g/mol. The van der Waals surface area contributed by atoms with Crippen molar-refractivity contribution in [1.29, 1.82) is 0 Å². The van der Waals surface area contributed by atoms with Gasteiger partial charge in [0.2, 0.25) is 0 Å². The number of rotatable bonds is 5. The summed E-state index contributed by atoms with van der Waals surface area (Å²) in [5.74, 6) is -1.14. The fourth-order valence-corrected chi connectivity index (χ4v) is 4.55. The molecule has 8 nitrogen and oxygen atoms in total. The third-order valence-electron chi connectivity index (χ3n) is 5.76. The van der Waals surface area contributed by atoms with E-state index < -0.39 is 17.5 Å². The maximum atomic E-state index is 13.2. The van der Waals surface area contributed by atoms with Gasteiger partial charge < -0.3 is 14.5 Å². The summed E-state index contributed by atoms with van der Waals surface area (Å²) < 4.78 is 10.2. The second kappa shape index (κ2) is 10.4. The Morgan fingerprint density at radius 3 is 2.45 bits per heavy atom. The number of nitrogens with one attached hydrogen (secondary N) is 1. The molecule has 190 valence electrons. The number of aromatic nitrogens is 3. The quantitative estimate of drug-likeness (QED) is 0.197. The van der Waals surface area contributed by atoms with Crippen molar-refractivity contribution in [3.63, 3.8) is 0 Å². The number of carbonyl (C=O) groups excluding carboxylic acids is 2. The van der Waals surface area contributed by atoms with Crippen molar-refractivity contribution in [1.82, 2.24) is 15.0 Å². The molecule has 0 aliphatic rings. The molecule has 0 unspecified atom stereocenters. The molecule has 0 saturated carbocycles. The van der Waals surface area contributed by atoms with Crippen LogP contribution in [0.15, 0.2) is 65.5 Å². The first-order valence-electron chi connectivity index (χ1n) is 11.1. The normalized spacial score (nSPS) is 11.1. The van der Waals surface area contributed by atoms with Crippen molar-refractivity contribution >= 4 is 68.5 Å². The second-order valence-corrected chi connectivity index (χ2v) is 9.27. The molecule has 2 aromatic heterocycles. The van der Waals surface area contributed by atoms with Gasteiger partial charge in [0.15, 0.2) is 0 Å². The molecule has 5 rings (SSSR count). The highest BCUT2D eigenvalue weighted by atomic mass is 35.5. The predicted molar refractivity (Wildman–Crippen MR) is 145 cm³/mol. The Balaban J connectivity index is 1.50. The van der Waals surface area contributed by atoms with E-state index >= 15 is 0 Å². The van der Waals surface area contributed by atoms with E-state index in [0.717, 1.165) is 0 Å². The van der Waals surface area contributed by atoms with E-state index in [1.807, 2.05) is 0 Å². The Labute approximate surface area is 230 Å². The number of H-pyrrole nitrogens is 1. The van der Waals surface area contributed by atoms with E-state index in [1.54, 1.807) is 42.5 Å². The lowest BCUT2D eigenvalue weighted by molar-refractivity contribution is 0.0464. The molecule has 1 N–H and O–H groups in total. The first kappa shape index (κ1) is 25.7. The number of para-hydroxylation sites is 1. The van der Waals surface area contributed by atoms with Crippen molar-refractivity contribution in [2.45, 2.75) is 6.61 Å². The number of hydrogen-bond donors (Lipinski definition) is 1. The van der Waals surface area contributed by atoms with Crippen LogP contribution in [-0.4, -0.2) is 34.0 Å². The van der Waals surface area contributed by atoms with Gasteiger partial charge in [-0.2, -0.15) is 0 Å². The molecule has 0 atom stereocenters. The summed E-state index contributed by atoms with van der Waals surface area (Å²) in [5, 5.41) is 1.49. The number of methoxy groups -OCH3 is 1. The SMILES string of the molecule is COC(=O)c1ccc2c(=O)[nH]c(COC(=O)c3cc(-c4ccc(Cl)c(Cl)c4Cl)nc4ccccc34)nc2c1. The van der Waals surface area contributed by atoms with Gasteiger partial charge in [-0.1, -0.05) is 53.0 Å². The number of benzene rings is 3. The summed E-state index contributed by atoms with van der Waals surface area (Å²) in [4.78, 5) is 49.2. The van der Waals surface area contributed by atoms with Gasteiger partial charge in [0.05, 0.1) is 55.4 Å². The third-order valence-corrected chi connectivity index (χ3v) is 7.06. The number of hydrogen-bond acceptors (Lipinski definition) is 7. The summed E-state index contributed by atoms with van der Waals surface area (Å²) in [5.41, 5.74) is 1.69. The van der Waals surface area contributed by atoms with Crippen LogP contribution < -0.4 is 5.56 Å². The summed E-state index contributed by atoms with van der Waals surface area (Å²) in [6.45, 7) is -0.327. The molecule has 0 aliphatic heterocycles. The van der Waals surface area contributed by atoms with Gasteiger partial charge in [0, 0.05) is 10.9 Å². The van der Waals surface area contributed by atoms with Crippen LogP contribution in [0.25, 0.3) is 33.1 Å². The van der Waals surface area contributed by atoms with Crippen molar-refractivity contribution < 1.29 is 19.1 Å². The smallest absolute Gasteiger partial charge is 0.339 e. The number of esters is 2. The summed E-state index contributed by atoms with van der Waals surface area (Å²) in [6, 6.07) is 16.2. The van der Waals surface area contributed by atoms with Gasteiger partial charge >= 0.3 is 11.9 Å². The highest BCUT2D eigenvalue weighted by molar-refractivity contribution is 6.49. The van der Waals surface area contributed by atoms with Gasteiger partial charge in [-0.05, 0) is 42.5 Å². The molecule has 0 radical (unpaired) electrons. The summed E-state index contributed by atoms with van der Waals surface area (Å²) in [7, 11) is 1.26. The number of halogens is 3. The van der Waals surface area contributed by atoms with Crippen LogP contribution in [-0.2, 0) is 16.1 Å². The minimum atomic E-state index is -0.674. The van der Waals surface area contributed by atoms with Gasteiger partial charge in [-0.3, -0.25) is 4.79 Å². The van der Waals surface area contributed by atoms with Crippen molar-refractivity contribution in [2.75, 3.05) is 7.11 Å². The molecule has 0 bridgehead atoms. The minimum Gasteiger partial charge on any atom is -0.465 e. The molecule has 38 heavy (non-hydrogen) atoms. The third kappa shape index (κ3) is 4.81. The maximum absolute atomic E-state index is 13.2. The topological polar surface area (TPSA) is 111 Å². The molecule has 0 saturated heterocycles. The molecular formula is C27H16Cl3N3O5. The van der Waals surface area contributed by atoms with Crippen LogP contribution in [0.4, 0.5) is 0 Å². The van der Waals surface area contributed by atoms with Crippen molar-refractivity contribution in [2.24, 2.45) is 0 Å². The number of fused-ring (bicyclic) bond motifs is 2. The Morgan fingerprint density at radius 2 is 1.66 bits per heavy atom. The average Bonchev–Trinajstić information content (AvgIpc) is 2.93. The van der Waals surface area contributed by atoms with Crippen LogP contribution in [0.3, 0.4) is 0 Å². The minimum absolute atomic E-state index is 0.101. The van der Waals surface area contributed by atoms with Crippen LogP contribution in [0.2, 0.25) is 15.1 Å². The van der Waals surface area contributed by atoms with E-state index in [2.05, 4.69) is 15.0 Å². The first-order valence-corrected chi connectivity index (χ1v) is 12.2. The fraction of sp³-hybridized carbons (Fsp3) is 0.0741. The maximum Gasteiger partial charge on any atom is 0.339 e. The van der Waals surface area contributed by atoms with E-state index in [0.29, 0.717) is 22.2 Å². The molecule has 3 aromatic carbocycles. The van der Waals surface area contributed by atoms with Gasteiger partial charge in [0.1, 0.15) is 12.4 Å². The van der Waals surface area contributed by atoms with Gasteiger partial charge in [-0.15, -0.1) is 0 Å². The lowest BCUT2D eigenvalue weighted by Gasteiger charge is -2.12. The Kier molecular flexibility index (Phi) is 7.03. The standard InChI is InChI=1S/C27H16Cl3N3O5/c1-37-26(35)13-6-7-16-20(10-13)32-22(33-25(16)34)12-38-27(36)17-11-21(31-19-5-3-2-4-14(17)19)15-8-9-18(28)24(30)23(15)29/h2-11H,12H2,1H3,(H,32,33,34). The largest absolute Gasteiger partial charge is 0.465 e. The molecule has 5 aromatic rings. The van der Waals surface area contributed by atoms with Crippen LogP contribution in [0.1, 0.15) is 26.5 Å². The van der Waals surface area contributed by atoms with Gasteiger partial charge in [0.25, 0.3) is 5.56 Å². The number of ether oxygens (including phenoxy) is 2. The second-order valence-electron chi connectivity index (χ2n) is 8.11. The van der Waals surface area contributed by atoms with Gasteiger partial charge in [-0.25, -0.2) is 19.6 Å². The van der Waals surface area contributed by atoms with Crippen LogP contribution in [0.5, 0.6) is 0 Å². The lowest BCUT2D eigenvalue weighted by Crippen LogP contribution is -2.15. The van der Waals surface area contributed by atoms with Crippen LogP contribution in [0, 0.1) is 0 Å². The molecular weight excluding hydrogens is 553 g/mol. The zero-order valence-corrected chi connectivity index (χ0v) is 21.8. The predicted octanol–water partition coefficient (Wildman–Crippen LogP) is 6.24. The Morgan fingerprint density at radius 1 is 0.868 bits per heavy atom. The zero-order valence-electron chi connectivity index (χ0n) is 19.6. The zero-order chi connectivity index (χ0) is 27.0. The van der Waals surface area contributed by atoms with Crippen LogP contribution >= 0.6 is 34.8 Å². The summed E-state index contributed by atoms with van der Waals surface area (Å²) >= 11 is 18.7. The Hall–Kier alpha value is -3.98. The Bertz CT molecular complexity index is 1820. The number of nitrogens with zero attached hydrogens (tertiary/aromatic N) is 2. The first-order chi connectivity index (χ1) is 18.3. The fourth-order valence-electron chi connectivity index (χ4n) is 3.92. The highest BCUT2D eigenvalue weighted by Crippen LogP contribution is 2.38. The van der Waals surface area contributed by atoms with E-state index in [1.165, 1.54) is 25.3 Å². The number of pyridine rings is 1. The van der Waals surface area contributed by atoms with E-state index in [4.69, 9.17) is 44.3 Å². The highest BCUT2D eigenvalue weighted by Gasteiger charge is 2.19. The monoisotopic (exact) mass is 567 g/mol. The number of aromatic amines is 1.